The van der Waals surface area contributed by atoms with Gasteiger partial charge in [0, 0.05) is 23.9 Å². The van der Waals surface area contributed by atoms with E-state index in [1.165, 1.54) is 0 Å². The molecule has 0 radical (unpaired) electrons. The molecule has 2 aromatic rings. The first-order valence-corrected chi connectivity index (χ1v) is 7.71. The molecule has 7 nitrogen and oxygen atoms in total. The van der Waals surface area contributed by atoms with Crippen LogP contribution in [0.15, 0.2) is 42.6 Å². The third kappa shape index (κ3) is 4.01. The topological polar surface area (TPSA) is 106 Å². The molecule has 7 heteroatoms. The van der Waals surface area contributed by atoms with Crippen molar-refractivity contribution in [3.05, 3.63) is 42.6 Å². The highest BCUT2D eigenvalue weighted by atomic mass is 16.5. The third-order valence-electron chi connectivity index (χ3n) is 3.82. The lowest BCUT2D eigenvalue weighted by Crippen LogP contribution is -2.28. The van der Waals surface area contributed by atoms with E-state index < -0.39 is 6.03 Å². The first-order chi connectivity index (χ1) is 11.6. The fraction of sp³-hybridized carbons (Fsp3) is 0.235. The van der Waals surface area contributed by atoms with Gasteiger partial charge in [-0.1, -0.05) is 6.42 Å². The Morgan fingerprint density at radius 1 is 1.08 bits per heavy atom. The molecule has 0 bridgehead atoms. The number of nitrogens with zero attached hydrogens (tertiary/aromatic N) is 1. The standard InChI is InChI=1S/C17H18N4O3/c18-17(23)20-12-4-6-13(7-5-12)24-14-8-9-19-15(10-14)21-16(22)11-2-1-3-11/h4-11H,1-3H2,(H3,18,20,23)(H,19,21,22). The lowest BCUT2D eigenvalue weighted by molar-refractivity contribution is -0.122. The van der Waals surface area contributed by atoms with Crippen molar-refractivity contribution in [2.24, 2.45) is 11.7 Å². The predicted molar refractivity (Wildman–Crippen MR) is 89.9 cm³/mol. The molecule has 1 heterocycles. The quantitative estimate of drug-likeness (QED) is 0.784. The van der Waals surface area contributed by atoms with Gasteiger partial charge >= 0.3 is 6.03 Å². The summed E-state index contributed by atoms with van der Waals surface area (Å²) < 4.78 is 5.73. The highest BCUT2D eigenvalue weighted by Gasteiger charge is 2.25. The number of ether oxygens (including phenoxy) is 1. The Labute approximate surface area is 139 Å². The molecule has 1 fully saturated rings. The maximum Gasteiger partial charge on any atom is 0.316 e. The molecule has 124 valence electrons. The molecule has 0 atom stereocenters. The smallest absolute Gasteiger partial charge is 0.316 e. The van der Waals surface area contributed by atoms with E-state index in [2.05, 4.69) is 15.6 Å². The molecule has 3 rings (SSSR count). The monoisotopic (exact) mass is 326 g/mol. The van der Waals surface area contributed by atoms with Crippen LogP contribution in [0.3, 0.4) is 0 Å². The van der Waals surface area contributed by atoms with Crippen LogP contribution in [0.5, 0.6) is 11.5 Å². The van der Waals surface area contributed by atoms with E-state index in [4.69, 9.17) is 10.5 Å². The molecule has 1 aromatic heterocycles. The summed E-state index contributed by atoms with van der Waals surface area (Å²) in [5, 5.41) is 5.28. The van der Waals surface area contributed by atoms with E-state index in [1.807, 2.05) is 0 Å². The number of primary amides is 1. The van der Waals surface area contributed by atoms with Crippen molar-refractivity contribution in [1.82, 2.24) is 4.98 Å². The molecule has 0 spiro atoms. The number of carbonyl (C=O) groups excluding carboxylic acids is 2. The van der Waals surface area contributed by atoms with Crippen molar-refractivity contribution >= 4 is 23.4 Å². The number of rotatable bonds is 5. The SMILES string of the molecule is NC(=O)Nc1ccc(Oc2ccnc(NC(=O)C3CCC3)c2)cc1. The number of urea groups is 1. The lowest BCUT2D eigenvalue weighted by Gasteiger charge is -2.23. The molecule has 1 aliphatic carbocycles. The summed E-state index contributed by atoms with van der Waals surface area (Å²) >= 11 is 0. The zero-order valence-electron chi connectivity index (χ0n) is 13.0. The fourth-order valence-corrected chi connectivity index (χ4v) is 2.33. The van der Waals surface area contributed by atoms with E-state index in [1.54, 1.807) is 42.6 Å². The fourth-order valence-electron chi connectivity index (χ4n) is 2.33. The Morgan fingerprint density at radius 2 is 1.83 bits per heavy atom. The van der Waals surface area contributed by atoms with E-state index in [9.17, 15) is 9.59 Å². The number of nitrogens with one attached hydrogen (secondary N) is 2. The molecule has 1 saturated carbocycles. The van der Waals surface area contributed by atoms with Crippen LogP contribution in [0.1, 0.15) is 19.3 Å². The van der Waals surface area contributed by atoms with Crippen LogP contribution in [0.25, 0.3) is 0 Å². The Kier molecular flexibility index (Phi) is 4.60. The van der Waals surface area contributed by atoms with Crippen molar-refractivity contribution in [2.75, 3.05) is 10.6 Å². The van der Waals surface area contributed by atoms with Crippen LogP contribution in [0.4, 0.5) is 16.3 Å². The Bertz CT molecular complexity index is 742. The molecule has 0 unspecified atom stereocenters. The summed E-state index contributed by atoms with van der Waals surface area (Å²) in [5.41, 5.74) is 5.64. The van der Waals surface area contributed by atoms with Gasteiger partial charge in [0.25, 0.3) is 0 Å². The third-order valence-corrected chi connectivity index (χ3v) is 3.82. The first kappa shape index (κ1) is 15.8. The Hall–Kier alpha value is -3.09. The summed E-state index contributed by atoms with van der Waals surface area (Å²) in [6.07, 6.45) is 4.56. The second kappa shape index (κ2) is 6.99. The van der Waals surface area contributed by atoms with Crippen LogP contribution in [0, 0.1) is 5.92 Å². The van der Waals surface area contributed by atoms with Gasteiger partial charge in [-0.3, -0.25) is 4.79 Å². The molecule has 3 amide bonds. The zero-order chi connectivity index (χ0) is 16.9. The van der Waals surface area contributed by atoms with Crippen LogP contribution in [-0.4, -0.2) is 16.9 Å². The minimum Gasteiger partial charge on any atom is -0.457 e. The van der Waals surface area contributed by atoms with Gasteiger partial charge in [-0.2, -0.15) is 0 Å². The largest absolute Gasteiger partial charge is 0.457 e. The number of hydrogen-bond donors (Lipinski definition) is 3. The van der Waals surface area contributed by atoms with E-state index in [0.717, 1.165) is 19.3 Å². The second-order valence-electron chi connectivity index (χ2n) is 5.61. The van der Waals surface area contributed by atoms with Crippen molar-refractivity contribution in [1.29, 1.82) is 0 Å². The number of anilines is 2. The van der Waals surface area contributed by atoms with Crippen LogP contribution in [-0.2, 0) is 4.79 Å². The number of pyridine rings is 1. The second-order valence-corrected chi connectivity index (χ2v) is 5.61. The first-order valence-electron chi connectivity index (χ1n) is 7.71. The van der Waals surface area contributed by atoms with E-state index in [-0.39, 0.29) is 11.8 Å². The molecule has 0 saturated heterocycles. The average Bonchev–Trinajstić information content (AvgIpc) is 2.47. The van der Waals surface area contributed by atoms with Gasteiger partial charge in [-0.15, -0.1) is 0 Å². The highest BCUT2D eigenvalue weighted by Crippen LogP contribution is 2.28. The van der Waals surface area contributed by atoms with Gasteiger partial charge in [0.05, 0.1) is 0 Å². The molecule has 1 aromatic carbocycles. The summed E-state index contributed by atoms with van der Waals surface area (Å²) in [6, 6.07) is 9.53. The molecule has 4 N–H and O–H groups in total. The molecular weight excluding hydrogens is 308 g/mol. The van der Waals surface area contributed by atoms with E-state index in [0.29, 0.717) is 23.0 Å². The van der Waals surface area contributed by atoms with Gasteiger partial charge in [0.2, 0.25) is 5.91 Å². The number of hydrogen-bond acceptors (Lipinski definition) is 4. The predicted octanol–water partition coefficient (Wildman–Crippen LogP) is 3.10. The summed E-state index contributed by atoms with van der Waals surface area (Å²) in [5.74, 6) is 1.72. The normalized spacial score (nSPS) is 13.7. The highest BCUT2D eigenvalue weighted by molar-refractivity contribution is 5.92. The number of amides is 3. The van der Waals surface area contributed by atoms with Gasteiger partial charge in [0.15, 0.2) is 0 Å². The van der Waals surface area contributed by atoms with Crippen molar-refractivity contribution in [3.8, 4) is 11.5 Å². The van der Waals surface area contributed by atoms with Gasteiger partial charge in [-0.25, -0.2) is 9.78 Å². The summed E-state index contributed by atoms with van der Waals surface area (Å²) in [4.78, 5) is 26.9. The van der Waals surface area contributed by atoms with Crippen LogP contribution < -0.4 is 21.1 Å². The summed E-state index contributed by atoms with van der Waals surface area (Å²) in [7, 11) is 0. The number of carbonyl (C=O) groups is 2. The number of benzene rings is 1. The van der Waals surface area contributed by atoms with Gasteiger partial charge in [0.1, 0.15) is 17.3 Å². The van der Waals surface area contributed by atoms with Crippen molar-refractivity contribution < 1.29 is 14.3 Å². The van der Waals surface area contributed by atoms with Crippen LogP contribution in [0.2, 0.25) is 0 Å². The van der Waals surface area contributed by atoms with Crippen molar-refractivity contribution in [2.45, 2.75) is 19.3 Å². The minimum atomic E-state index is -0.621. The van der Waals surface area contributed by atoms with Gasteiger partial charge < -0.3 is 21.1 Å². The molecular formula is C17H18N4O3. The molecule has 1 aliphatic rings. The van der Waals surface area contributed by atoms with Crippen LogP contribution >= 0.6 is 0 Å². The zero-order valence-corrected chi connectivity index (χ0v) is 13.0. The van der Waals surface area contributed by atoms with Crippen molar-refractivity contribution in [3.63, 3.8) is 0 Å². The van der Waals surface area contributed by atoms with E-state index >= 15 is 0 Å². The van der Waals surface area contributed by atoms with Gasteiger partial charge in [-0.05, 0) is 43.2 Å². The molecule has 0 aliphatic heterocycles. The Balaban J connectivity index is 1.63. The average molecular weight is 326 g/mol. The maximum absolute atomic E-state index is 12.0. The number of nitrogens with two attached hydrogens (primary N) is 1. The molecule has 24 heavy (non-hydrogen) atoms. The number of aromatic nitrogens is 1. The summed E-state index contributed by atoms with van der Waals surface area (Å²) in [6.45, 7) is 0. The maximum atomic E-state index is 12.0. The lowest BCUT2D eigenvalue weighted by atomic mass is 9.85. The Morgan fingerprint density at radius 3 is 2.46 bits per heavy atom. The minimum absolute atomic E-state index is 0.00720.